The number of amides is 1. The quantitative estimate of drug-likeness (QED) is 0.200. The van der Waals surface area contributed by atoms with Crippen LogP contribution in [0.3, 0.4) is 0 Å². The lowest BCUT2D eigenvalue weighted by molar-refractivity contribution is -0.121. The van der Waals surface area contributed by atoms with Gasteiger partial charge in [0.1, 0.15) is 17.3 Å². The Balaban J connectivity index is 1.22. The Bertz CT molecular complexity index is 1530. The van der Waals surface area contributed by atoms with Crippen molar-refractivity contribution < 1.29 is 14.3 Å². The zero-order valence-corrected chi connectivity index (χ0v) is 22.3. The van der Waals surface area contributed by atoms with E-state index in [9.17, 15) is 4.79 Å². The van der Waals surface area contributed by atoms with Crippen LogP contribution in [-0.4, -0.2) is 29.2 Å². The SMILES string of the molecule is COc1cccc(OCCCn2c(C(C)NC(=O)Cc3ccc(-c4ccccc4)cc3)nc3ccccc32)c1. The number of aromatic nitrogens is 2. The minimum atomic E-state index is -0.243. The average Bonchev–Trinajstić information content (AvgIpc) is 3.35. The van der Waals surface area contributed by atoms with Crippen molar-refractivity contribution in [2.45, 2.75) is 32.4 Å². The second-order valence-corrected chi connectivity index (χ2v) is 9.52. The van der Waals surface area contributed by atoms with E-state index in [0.29, 0.717) is 13.0 Å². The number of benzene rings is 4. The molecule has 0 fully saturated rings. The Hall–Kier alpha value is -4.58. The van der Waals surface area contributed by atoms with Crippen molar-refractivity contribution in [2.75, 3.05) is 13.7 Å². The van der Waals surface area contributed by atoms with Crippen molar-refractivity contribution in [1.29, 1.82) is 0 Å². The van der Waals surface area contributed by atoms with Crippen molar-refractivity contribution >= 4 is 16.9 Å². The zero-order valence-electron chi connectivity index (χ0n) is 22.3. The molecule has 5 aromatic rings. The first-order valence-corrected chi connectivity index (χ1v) is 13.3. The van der Waals surface area contributed by atoms with Crippen LogP contribution in [0.15, 0.2) is 103 Å². The molecule has 0 aliphatic heterocycles. The molecule has 1 unspecified atom stereocenters. The lowest BCUT2D eigenvalue weighted by Crippen LogP contribution is -2.30. The topological polar surface area (TPSA) is 65.4 Å². The summed E-state index contributed by atoms with van der Waals surface area (Å²) in [4.78, 5) is 17.8. The first-order chi connectivity index (χ1) is 19.1. The molecule has 198 valence electrons. The number of ether oxygens (including phenoxy) is 2. The van der Waals surface area contributed by atoms with Gasteiger partial charge >= 0.3 is 0 Å². The van der Waals surface area contributed by atoms with Gasteiger partial charge in [-0.15, -0.1) is 0 Å². The Morgan fingerprint density at radius 2 is 1.59 bits per heavy atom. The van der Waals surface area contributed by atoms with Gasteiger partial charge in [0.25, 0.3) is 0 Å². The van der Waals surface area contributed by atoms with Crippen molar-refractivity contribution in [3.63, 3.8) is 0 Å². The molecule has 0 bridgehead atoms. The molecule has 0 radical (unpaired) electrons. The molecule has 4 aromatic carbocycles. The molecule has 6 nitrogen and oxygen atoms in total. The van der Waals surface area contributed by atoms with E-state index in [1.807, 2.05) is 79.7 Å². The van der Waals surface area contributed by atoms with Gasteiger partial charge in [-0.05, 0) is 54.3 Å². The number of hydrogen-bond acceptors (Lipinski definition) is 4. The Kier molecular flexibility index (Phi) is 8.22. The van der Waals surface area contributed by atoms with Gasteiger partial charge in [-0.3, -0.25) is 4.79 Å². The maximum atomic E-state index is 13.0. The second-order valence-electron chi connectivity index (χ2n) is 9.52. The molecule has 1 heterocycles. The molecule has 39 heavy (non-hydrogen) atoms. The van der Waals surface area contributed by atoms with Crippen LogP contribution in [0.1, 0.15) is 30.8 Å². The van der Waals surface area contributed by atoms with Gasteiger partial charge in [-0.25, -0.2) is 4.98 Å². The number of para-hydroxylation sites is 2. The summed E-state index contributed by atoms with van der Waals surface area (Å²) in [5.74, 6) is 2.36. The van der Waals surface area contributed by atoms with Gasteiger partial charge in [0.2, 0.25) is 5.91 Å². The summed E-state index contributed by atoms with van der Waals surface area (Å²) in [6.45, 7) is 3.26. The Morgan fingerprint density at radius 1 is 0.872 bits per heavy atom. The van der Waals surface area contributed by atoms with Gasteiger partial charge in [-0.1, -0.05) is 72.8 Å². The van der Waals surface area contributed by atoms with E-state index >= 15 is 0 Å². The number of carbonyl (C=O) groups is 1. The van der Waals surface area contributed by atoms with Gasteiger partial charge in [-0.2, -0.15) is 0 Å². The molecule has 0 aliphatic rings. The fraction of sp³-hybridized carbons (Fsp3) is 0.212. The predicted molar refractivity (Wildman–Crippen MR) is 155 cm³/mol. The third-order valence-corrected chi connectivity index (χ3v) is 6.71. The monoisotopic (exact) mass is 519 g/mol. The largest absolute Gasteiger partial charge is 0.497 e. The molecule has 0 aliphatic carbocycles. The first kappa shape index (κ1) is 26.0. The van der Waals surface area contributed by atoms with Crippen LogP contribution < -0.4 is 14.8 Å². The summed E-state index contributed by atoms with van der Waals surface area (Å²) in [5.41, 5.74) is 5.24. The van der Waals surface area contributed by atoms with E-state index in [0.717, 1.165) is 58.0 Å². The van der Waals surface area contributed by atoms with Gasteiger partial charge in [0, 0.05) is 12.6 Å². The third kappa shape index (κ3) is 6.47. The van der Waals surface area contributed by atoms with Crippen LogP contribution in [0.25, 0.3) is 22.2 Å². The van der Waals surface area contributed by atoms with E-state index < -0.39 is 0 Å². The highest BCUT2D eigenvalue weighted by Crippen LogP contribution is 2.23. The fourth-order valence-corrected chi connectivity index (χ4v) is 4.75. The molecule has 0 saturated heterocycles. The first-order valence-electron chi connectivity index (χ1n) is 13.3. The van der Waals surface area contributed by atoms with Crippen LogP contribution in [0, 0.1) is 0 Å². The normalized spacial score (nSPS) is 11.7. The van der Waals surface area contributed by atoms with Gasteiger partial charge < -0.3 is 19.4 Å². The van der Waals surface area contributed by atoms with Crippen LogP contribution in [0.4, 0.5) is 0 Å². The van der Waals surface area contributed by atoms with E-state index in [2.05, 4.69) is 40.2 Å². The van der Waals surface area contributed by atoms with Crippen LogP contribution >= 0.6 is 0 Å². The number of rotatable bonds is 11. The van der Waals surface area contributed by atoms with Crippen molar-refractivity contribution in [3.05, 3.63) is 115 Å². The van der Waals surface area contributed by atoms with Crippen LogP contribution in [-0.2, 0) is 17.8 Å². The highest BCUT2D eigenvalue weighted by molar-refractivity contribution is 5.80. The number of fused-ring (bicyclic) bond motifs is 1. The van der Waals surface area contributed by atoms with E-state index in [4.69, 9.17) is 14.5 Å². The molecular formula is C33H33N3O3. The average molecular weight is 520 g/mol. The van der Waals surface area contributed by atoms with Crippen molar-refractivity contribution in [1.82, 2.24) is 14.9 Å². The number of nitrogens with one attached hydrogen (secondary N) is 1. The lowest BCUT2D eigenvalue weighted by atomic mass is 10.0. The maximum absolute atomic E-state index is 13.0. The molecule has 1 N–H and O–H groups in total. The minimum Gasteiger partial charge on any atom is -0.497 e. The molecule has 1 amide bonds. The summed E-state index contributed by atoms with van der Waals surface area (Å²) >= 11 is 0. The Morgan fingerprint density at radius 3 is 2.38 bits per heavy atom. The standard InChI is InChI=1S/C33H33N3O3/c1-24(34-32(37)22-25-16-18-27(19-17-25)26-10-4-3-5-11-26)33-35-30-14-6-7-15-31(30)36(33)20-9-21-39-29-13-8-12-28(23-29)38-2/h3-8,10-19,23-24H,9,20-22H2,1-2H3,(H,34,37). The van der Waals surface area contributed by atoms with Crippen LogP contribution in [0.2, 0.25) is 0 Å². The zero-order chi connectivity index (χ0) is 27.0. The molecule has 0 saturated carbocycles. The van der Waals surface area contributed by atoms with Crippen molar-refractivity contribution in [2.24, 2.45) is 0 Å². The smallest absolute Gasteiger partial charge is 0.224 e. The number of carbonyl (C=O) groups excluding carboxylic acids is 1. The van der Waals surface area contributed by atoms with Gasteiger partial charge in [0.05, 0.1) is 37.2 Å². The predicted octanol–water partition coefficient (Wildman–Crippen LogP) is 6.60. The molecule has 1 atom stereocenters. The van der Waals surface area contributed by atoms with Crippen LogP contribution in [0.5, 0.6) is 11.5 Å². The third-order valence-electron chi connectivity index (χ3n) is 6.71. The molecule has 6 heteroatoms. The summed E-state index contributed by atoms with van der Waals surface area (Å²) in [6.07, 6.45) is 1.10. The minimum absolute atomic E-state index is 0.0325. The molecular weight excluding hydrogens is 486 g/mol. The summed E-state index contributed by atoms with van der Waals surface area (Å²) in [5, 5.41) is 3.15. The molecule has 5 rings (SSSR count). The molecule has 0 spiro atoms. The number of nitrogens with zero attached hydrogens (tertiary/aromatic N) is 2. The van der Waals surface area contributed by atoms with E-state index in [-0.39, 0.29) is 11.9 Å². The van der Waals surface area contributed by atoms with Crippen molar-refractivity contribution in [3.8, 4) is 22.6 Å². The number of imidazole rings is 1. The summed E-state index contributed by atoms with van der Waals surface area (Å²) < 4.78 is 13.4. The maximum Gasteiger partial charge on any atom is 0.224 e. The highest BCUT2D eigenvalue weighted by atomic mass is 16.5. The number of hydrogen-bond donors (Lipinski definition) is 1. The van der Waals surface area contributed by atoms with E-state index in [1.54, 1.807) is 7.11 Å². The second kappa shape index (κ2) is 12.3. The van der Waals surface area contributed by atoms with Gasteiger partial charge in [0.15, 0.2) is 0 Å². The highest BCUT2D eigenvalue weighted by Gasteiger charge is 2.18. The summed E-state index contributed by atoms with van der Waals surface area (Å²) in [6, 6.07) is 33.8. The van der Waals surface area contributed by atoms with E-state index in [1.165, 1.54) is 0 Å². The Labute approximate surface area is 229 Å². The fourth-order valence-electron chi connectivity index (χ4n) is 4.75. The number of methoxy groups -OCH3 is 1. The summed E-state index contributed by atoms with van der Waals surface area (Å²) in [7, 11) is 1.65. The number of aryl methyl sites for hydroxylation is 1. The molecule has 1 aromatic heterocycles. The lowest BCUT2D eigenvalue weighted by Gasteiger charge is -2.17.